The Labute approximate surface area is 127 Å². The molecule has 0 fully saturated rings. The summed E-state index contributed by atoms with van der Waals surface area (Å²) in [7, 11) is -0.240. The first kappa shape index (κ1) is 15.8. The SMILES string of the molecule is CNCc1cc(S(=O)(=O)Nc2ccc(Cl)c(F)c2)cn1C. The highest BCUT2D eigenvalue weighted by Gasteiger charge is 2.18. The van der Waals surface area contributed by atoms with Crippen molar-refractivity contribution in [3.63, 3.8) is 0 Å². The van der Waals surface area contributed by atoms with Crippen LogP contribution in [0.1, 0.15) is 5.69 Å². The van der Waals surface area contributed by atoms with Crippen LogP contribution in [-0.4, -0.2) is 20.0 Å². The van der Waals surface area contributed by atoms with E-state index in [9.17, 15) is 12.8 Å². The van der Waals surface area contributed by atoms with Crippen LogP contribution in [0.5, 0.6) is 0 Å². The molecule has 1 aromatic heterocycles. The zero-order valence-electron chi connectivity index (χ0n) is 11.5. The molecule has 8 heteroatoms. The summed E-state index contributed by atoms with van der Waals surface area (Å²) in [6.07, 6.45) is 1.50. The lowest BCUT2D eigenvalue weighted by molar-refractivity contribution is 0.601. The van der Waals surface area contributed by atoms with Crippen molar-refractivity contribution in [2.75, 3.05) is 11.8 Å². The van der Waals surface area contributed by atoms with Crippen LogP contribution in [0.15, 0.2) is 35.4 Å². The van der Waals surface area contributed by atoms with E-state index in [0.29, 0.717) is 6.54 Å². The third-order valence-corrected chi connectivity index (χ3v) is 4.58. The van der Waals surface area contributed by atoms with Gasteiger partial charge in [-0.1, -0.05) is 11.6 Å². The Morgan fingerprint density at radius 1 is 1.33 bits per heavy atom. The zero-order chi connectivity index (χ0) is 15.6. The largest absolute Gasteiger partial charge is 0.352 e. The molecule has 0 unspecified atom stereocenters. The van der Waals surface area contributed by atoms with Crippen molar-refractivity contribution < 1.29 is 12.8 Å². The topological polar surface area (TPSA) is 63.1 Å². The second-order valence-electron chi connectivity index (χ2n) is 4.54. The first-order chi connectivity index (χ1) is 9.83. The molecule has 0 aliphatic carbocycles. The van der Waals surface area contributed by atoms with Crippen LogP contribution in [0, 0.1) is 5.82 Å². The van der Waals surface area contributed by atoms with Gasteiger partial charge in [0, 0.05) is 25.5 Å². The van der Waals surface area contributed by atoms with Crippen LogP contribution in [0.4, 0.5) is 10.1 Å². The fourth-order valence-electron chi connectivity index (χ4n) is 1.85. The van der Waals surface area contributed by atoms with Crippen LogP contribution in [0.25, 0.3) is 0 Å². The average Bonchev–Trinajstić information content (AvgIpc) is 2.77. The number of aryl methyl sites for hydroxylation is 1. The average molecular weight is 332 g/mol. The second-order valence-corrected chi connectivity index (χ2v) is 6.63. The van der Waals surface area contributed by atoms with Gasteiger partial charge in [0.1, 0.15) is 10.7 Å². The minimum absolute atomic E-state index is 0.0611. The summed E-state index contributed by atoms with van der Waals surface area (Å²) in [4.78, 5) is 0.116. The fourth-order valence-corrected chi connectivity index (χ4v) is 3.12. The van der Waals surface area contributed by atoms with Gasteiger partial charge in [-0.15, -0.1) is 0 Å². The molecule has 0 bridgehead atoms. The molecule has 0 atom stereocenters. The quantitative estimate of drug-likeness (QED) is 0.884. The highest BCUT2D eigenvalue weighted by molar-refractivity contribution is 7.92. The molecule has 2 N–H and O–H groups in total. The Hall–Kier alpha value is -1.57. The van der Waals surface area contributed by atoms with Crippen molar-refractivity contribution in [1.29, 1.82) is 0 Å². The first-order valence-electron chi connectivity index (χ1n) is 6.11. The molecule has 0 saturated heterocycles. The molecule has 1 aromatic carbocycles. The Morgan fingerprint density at radius 3 is 2.67 bits per heavy atom. The van der Waals surface area contributed by atoms with E-state index in [1.165, 1.54) is 18.3 Å². The van der Waals surface area contributed by atoms with E-state index in [0.717, 1.165) is 11.8 Å². The molecule has 0 aliphatic rings. The Bertz CT molecular complexity index is 759. The second kappa shape index (κ2) is 6.05. The van der Waals surface area contributed by atoms with Crippen molar-refractivity contribution in [3.05, 3.63) is 47.0 Å². The summed E-state index contributed by atoms with van der Waals surface area (Å²) in [6, 6.07) is 5.30. The van der Waals surface area contributed by atoms with Gasteiger partial charge in [0.25, 0.3) is 10.0 Å². The number of anilines is 1. The molecular weight excluding hydrogens is 317 g/mol. The van der Waals surface area contributed by atoms with Crippen molar-refractivity contribution in [2.24, 2.45) is 7.05 Å². The first-order valence-corrected chi connectivity index (χ1v) is 7.97. The molecule has 2 aromatic rings. The molecule has 0 radical (unpaired) electrons. The van der Waals surface area contributed by atoms with Gasteiger partial charge in [0.15, 0.2) is 0 Å². The Morgan fingerprint density at radius 2 is 2.05 bits per heavy atom. The molecule has 1 heterocycles. The lowest BCUT2D eigenvalue weighted by atomic mass is 10.3. The van der Waals surface area contributed by atoms with Gasteiger partial charge in [-0.3, -0.25) is 4.72 Å². The highest BCUT2D eigenvalue weighted by atomic mass is 35.5. The molecule has 2 rings (SSSR count). The molecule has 21 heavy (non-hydrogen) atoms. The number of nitrogens with one attached hydrogen (secondary N) is 2. The van der Waals surface area contributed by atoms with Gasteiger partial charge < -0.3 is 9.88 Å². The standard InChI is InChI=1S/C13H15ClFN3O2S/c1-16-7-10-6-11(8-18(10)2)21(19,20)17-9-3-4-12(14)13(15)5-9/h3-6,8,16-17H,7H2,1-2H3. The Balaban J connectivity index is 2.29. The number of hydrogen-bond acceptors (Lipinski definition) is 3. The summed E-state index contributed by atoms with van der Waals surface area (Å²) in [5.74, 6) is -0.680. The number of benzene rings is 1. The van der Waals surface area contributed by atoms with E-state index in [4.69, 9.17) is 11.6 Å². The monoisotopic (exact) mass is 331 g/mol. The summed E-state index contributed by atoms with van der Waals surface area (Å²) in [5, 5.41) is 2.89. The van der Waals surface area contributed by atoms with Crippen molar-refractivity contribution in [3.8, 4) is 0 Å². The Kier molecular flexibility index (Phi) is 4.55. The third-order valence-electron chi connectivity index (χ3n) is 2.92. The zero-order valence-corrected chi connectivity index (χ0v) is 13.1. The van der Waals surface area contributed by atoms with Crippen LogP contribution >= 0.6 is 11.6 Å². The van der Waals surface area contributed by atoms with Gasteiger partial charge in [-0.05, 0) is 31.3 Å². The van der Waals surface area contributed by atoms with Crippen LogP contribution in [0.3, 0.4) is 0 Å². The highest BCUT2D eigenvalue weighted by Crippen LogP contribution is 2.22. The number of sulfonamides is 1. The maximum Gasteiger partial charge on any atom is 0.263 e. The van der Waals surface area contributed by atoms with Gasteiger partial charge in [-0.2, -0.15) is 0 Å². The summed E-state index contributed by atoms with van der Waals surface area (Å²) < 4.78 is 41.9. The van der Waals surface area contributed by atoms with Crippen molar-refractivity contribution >= 4 is 27.3 Å². The number of halogens is 2. The minimum Gasteiger partial charge on any atom is -0.352 e. The number of hydrogen-bond donors (Lipinski definition) is 2. The molecular formula is C13H15ClFN3O2S. The van der Waals surface area contributed by atoms with E-state index in [2.05, 4.69) is 10.0 Å². The summed E-state index contributed by atoms with van der Waals surface area (Å²) >= 11 is 5.57. The van der Waals surface area contributed by atoms with E-state index in [1.54, 1.807) is 24.7 Å². The molecule has 114 valence electrons. The smallest absolute Gasteiger partial charge is 0.263 e. The van der Waals surface area contributed by atoms with Gasteiger partial charge >= 0.3 is 0 Å². The fraction of sp³-hybridized carbons (Fsp3) is 0.231. The molecule has 0 amide bonds. The minimum atomic E-state index is -3.77. The van der Waals surface area contributed by atoms with Crippen LogP contribution in [0.2, 0.25) is 5.02 Å². The van der Waals surface area contributed by atoms with Gasteiger partial charge in [0.05, 0.1) is 10.7 Å². The number of nitrogens with zero attached hydrogens (tertiary/aromatic N) is 1. The maximum atomic E-state index is 13.3. The third kappa shape index (κ3) is 3.55. The number of aromatic nitrogens is 1. The molecule has 0 saturated carbocycles. The molecule has 0 aliphatic heterocycles. The molecule has 0 spiro atoms. The lowest BCUT2D eigenvalue weighted by Gasteiger charge is -2.06. The molecule has 5 nitrogen and oxygen atoms in total. The maximum absolute atomic E-state index is 13.3. The van der Waals surface area contributed by atoms with E-state index < -0.39 is 15.8 Å². The summed E-state index contributed by atoms with van der Waals surface area (Å²) in [6.45, 7) is 0.543. The normalized spacial score (nSPS) is 11.6. The van der Waals surface area contributed by atoms with Crippen molar-refractivity contribution in [1.82, 2.24) is 9.88 Å². The van der Waals surface area contributed by atoms with Crippen LogP contribution in [-0.2, 0) is 23.6 Å². The van der Waals surface area contributed by atoms with E-state index in [1.807, 2.05) is 0 Å². The van der Waals surface area contributed by atoms with Crippen molar-refractivity contribution in [2.45, 2.75) is 11.4 Å². The van der Waals surface area contributed by atoms with E-state index >= 15 is 0 Å². The van der Waals surface area contributed by atoms with Gasteiger partial charge in [0.2, 0.25) is 0 Å². The van der Waals surface area contributed by atoms with E-state index in [-0.39, 0.29) is 15.6 Å². The van der Waals surface area contributed by atoms with Gasteiger partial charge in [-0.25, -0.2) is 12.8 Å². The predicted molar refractivity (Wildman–Crippen MR) is 80.4 cm³/mol. The van der Waals surface area contributed by atoms with Crippen LogP contribution < -0.4 is 10.0 Å². The lowest BCUT2D eigenvalue weighted by Crippen LogP contribution is -2.12. The summed E-state index contributed by atoms with van der Waals surface area (Å²) in [5.41, 5.74) is 0.941. The predicted octanol–water partition coefficient (Wildman–Crippen LogP) is 2.34. The number of rotatable bonds is 5.